The molecular weight excluding hydrogens is 300 g/mol. The highest BCUT2D eigenvalue weighted by molar-refractivity contribution is 5.90. The lowest BCUT2D eigenvalue weighted by Crippen LogP contribution is -1.87. The van der Waals surface area contributed by atoms with Crippen LogP contribution in [-0.4, -0.2) is 20.4 Å². The fourth-order valence-electron chi connectivity index (χ4n) is 3.54. The first-order chi connectivity index (χ1) is 11.7. The number of aromatic hydroxyl groups is 2. The second kappa shape index (κ2) is 4.61. The Labute approximate surface area is 138 Å². The van der Waals surface area contributed by atoms with E-state index in [4.69, 9.17) is 0 Å². The van der Waals surface area contributed by atoms with Gasteiger partial charge in [0.25, 0.3) is 0 Å². The third-order valence-corrected chi connectivity index (χ3v) is 4.69. The zero-order valence-corrected chi connectivity index (χ0v) is 12.7. The van der Waals surface area contributed by atoms with Crippen LogP contribution >= 0.6 is 0 Å². The third-order valence-electron chi connectivity index (χ3n) is 4.69. The van der Waals surface area contributed by atoms with E-state index >= 15 is 0 Å². The predicted octanol–water partition coefficient (Wildman–Crippen LogP) is 4.21. The molecule has 0 aliphatic heterocycles. The molecule has 0 bridgehead atoms. The maximum atomic E-state index is 9.69. The highest BCUT2D eigenvalue weighted by Crippen LogP contribution is 2.41. The van der Waals surface area contributed by atoms with Gasteiger partial charge in [-0.05, 0) is 52.7 Å². The number of fused-ring (bicyclic) bond motifs is 4. The number of nitrogens with zero attached hydrogens (tertiary/aromatic N) is 1. The van der Waals surface area contributed by atoms with E-state index in [1.54, 1.807) is 18.2 Å². The highest BCUT2D eigenvalue weighted by atomic mass is 16.3. The Morgan fingerprint density at radius 1 is 0.833 bits per heavy atom. The van der Waals surface area contributed by atoms with Crippen LogP contribution in [0.5, 0.6) is 11.5 Å². The largest absolute Gasteiger partial charge is 0.508 e. The van der Waals surface area contributed by atoms with Crippen LogP contribution in [0.3, 0.4) is 0 Å². The molecule has 0 radical (unpaired) electrons. The lowest BCUT2D eigenvalue weighted by Gasteiger charge is -2.04. The fourth-order valence-corrected chi connectivity index (χ4v) is 3.54. The molecule has 0 saturated carbocycles. The van der Waals surface area contributed by atoms with Crippen LogP contribution in [-0.2, 0) is 6.42 Å². The molecule has 1 aliphatic rings. The van der Waals surface area contributed by atoms with Crippen molar-refractivity contribution in [3.05, 3.63) is 65.7 Å². The lowest BCUT2D eigenvalue weighted by atomic mass is 10.0. The Morgan fingerprint density at radius 3 is 2.50 bits per heavy atom. The maximum Gasteiger partial charge on any atom is 0.116 e. The summed E-state index contributed by atoms with van der Waals surface area (Å²) in [5.41, 5.74) is 6.40. The molecule has 4 heteroatoms. The fraction of sp³-hybridized carbons (Fsp3) is 0.0500. The van der Waals surface area contributed by atoms with E-state index < -0.39 is 0 Å². The number of benzene rings is 3. The zero-order chi connectivity index (χ0) is 16.3. The van der Waals surface area contributed by atoms with Gasteiger partial charge in [0.2, 0.25) is 0 Å². The van der Waals surface area contributed by atoms with Gasteiger partial charge in [0, 0.05) is 23.1 Å². The van der Waals surface area contributed by atoms with Gasteiger partial charge in [-0.15, -0.1) is 0 Å². The molecule has 4 aromatic rings. The summed E-state index contributed by atoms with van der Waals surface area (Å²) < 4.78 is 0. The minimum absolute atomic E-state index is 0.270. The van der Waals surface area contributed by atoms with Gasteiger partial charge in [-0.2, -0.15) is 5.10 Å². The SMILES string of the molecule is Oc1ccc2c(c1)Cc1c(-c3ccc4cc(O)ccc4c3)n[nH]c1-2. The third kappa shape index (κ3) is 1.83. The quantitative estimate of drug-likeness (QED) is 0.434. The van der Waals surface area contributed by atoms with Crippen LogP contribution in [0.1, 0.15) is 11.1 Å². The molecule has 0 saturated heterocycles. The van der Waals surface area contributed by atoms with Crippen molar-refractivity contribution in [1.29, 1.82) is 0 Å². The van der Waals surface area contributed by atoms with Gasteiger partial charge in [0.05, 0.1) is 11.4 Å². The Balaban J connectivity index is 1.65. The van der Waals surface area contributed by atoms with Crippen molar-refractivity contribution in [1.82, 2.24) is 10.2 Å². The Kier molecular flexibility index (Phi) is 2.54. The van der Waals surface area contributed by atoms with E-state index in [1.165, 1.54) is 0 Å². The number of aromatic amines is 1. The normalized spacial score (nSPS) is 12.3. The number of rotatable bonds is 1. The highest BCUT2D eigenvalue weighted by Gasteiger charge is 2.25. The predicted molar refractivity (Wildman–Crippen MR) is 93.1 cm³/mol. The van der Waals surface area contributed by atoms with Crippen molar-refractivity contribution in [2.45, 2.75) is 6.42 Å². The van der Waals surface area contributed by atoms with Crippen LogP contribution in [0.15, 0.2) is 54.6 Å². The standard InChI is InChI=1S/C20H14N2O2/c23-15-4-3-11-7-13(2-1-12(11)8-15)19-18-10-14-9-16(24)5-6-17(14)20(18)22-21-19/h1-9,23-24H,10H2,(H,21,22). The summed E-state index contributed by atoms with van der Waals surface area (Å²) >= 11 is 0. The molecular formula is C20H14N2O2. The van der Waals surface area contributed by atoms with Gasteiger partial charge < -0.3 is 10.2 Å². The first-order valence-electron chi connectivity index (χ1n) is 7.82. The first kappa shape index (κ1) is 13.2. The number of nitrogens with one attached hydrogen (secondary N) is 1. The molecule has 0 amide bonds. The van der Waals surface area contributed by atoms with Crippen LogP contribution in [0, 0.1) is 0 Å². The summed E-state index contributed by atoms with van der Waals surface area (Å²) in [5.74, 6) is 0.560. The van der Waals surface area contributed by atoms with Gasteiger partial charge in [-0.1, -0.05) is 18.2 Å². The number of hydrogen-bond donors (Lipinski definition) is 3. The van der Waals surface area contributed by atoms with Crippen LogP contribution in [0.4, 0.5) is 0 Å². The zero-order valence-electron chi connectivity index (χ0n) is 12.7. The van der Waals surface area contributed by atoms with E-state index in [-0.39, 0.29) is 5.75 Å². The van der Waals surface area contributed by atoms with E-state index in [1.807, 2.05) is 30.3 Å². The molecule has 0 unspecified atom stereocenters. The van der Waals surface area contributed by atoms with Gasteiger partial charge in [-0.25, -0.2) is 0 Å². The van der Waals surface area contributed by atoms with Crippen molar-refractivity contribution in [2.24, 2.45) is 0 Å². The number of aromatic nitrogens is 2. The van der Waals surface area contributed by atoms with Crippen molar-refractivity contribution in [3.63, 3.8) is 0 Å². The van der Waals surface area contributed by atoms with Gasteiger partial charge in [0.15, 0.2) is 0 Å². The molecule has 24 heavy (non-hydrogen) atoms. The second-order valence-electron chi connectivity index (χ2n) is 6.19. The molecule has 3 N–H and O–H groups in total. The Bertz CT molecular complexity index is 1110. The number of phenolic OH excluding ortho intramolecular Hbond substituents is 2. The van der Waals surface area contributed by atoms with E-state index in [9.17, 15) is 10.2 Å². The molecule has 0 spiro atoms. The van der Waals surface area contributed by atoms with Crippen LogP contribution in [0.25, 0.3) is 33.3 Å². The van der Waals surface area contributed by atoms with E-state index in [2.05, 4.69) is 16.3 Å². The molecule has 116 valence electrons. The van der Waals surface area contributed by atoms with Crippen molar-refractivity contribution in [3.8, 4) is 34.0 Å². The summed E-state index contributed by atoms with van der Waals surface area (Å²) in [6.45, 7) is 0. The smallest absolute Gasteiger partial charge is 0.116 e. The van der Waals surface area contributed by atoms with Gasteiger partial charge in [-0.3, -0.25) is 5.10 Å². The topological polar surface area (TPSA) is 69.1 Å². The van der Waals surface area contributed by atoms with Crippen molar-refractivity contribution in [2.75, 3.05) is 0 Å². The van der Waals surface area contributed by atoms with Crippen LogP contribution < -0.4 is 0 Å². The number of hydrogen-bond acceptors (Lipinski definition) is 3. The van der Waals surface area contributed by atoms with E-state index in [0.717, 1.165) is 50.8 Å². The van der Waals surface area contributed by atoms with Gasteiger partial charge in [0.1, 0.15) is 11.5 Å². The molecule has 5 rings (SSSR count). The number of phenols is 2. The summed E-state index contributed by atoms with van der Waals surface area (Å²) in [6, 6.07) is 16.9. The monoisotopic (exact) mass is 314 g/mol. The molecule has 1 heterocycles. The number of H-pyrrole nitrogens is 1. The molecule has 4 nitrogen and oxygen atoms in total. The summed E-state index contributed by atoms with van der Waals surface area (Å²) in [6.07, 6.45) is 0.762. The minimum Gasteiger partial charge on any atom is -0.508 e. The van der Waals surface area contributed by atoms with Gasteiger partial charge >= 0.3 is 0 Å². The Morgan fingerprint density at radius 2 is 1.58 bits per heavy atom. The molecule has 0 atom stereocenters. The average Bonchev–Trinajstić information content (AvgIpc) is 3.12. The van der Waals surface area contributed by atoms with Crippen molar-refractivity contribution < 1.29 is 10.2 Å². The molecule has 0 fully saturated rings. The molecule has 1 aromatic heterocycles. The summed E-state index contributed by atoms with van der Waals surface area (Å²) in [5, 5.41) is 29.0. The Hall–Kier alpha value is -3.27. The van der Waals surface area contributed by atoms with E-state index in [0.29, 0.717) is 5.75 Å². The molecule has 1 aliphatic carbocycles. The van der Waals surface area contributed by atoms with Crippen molar-refractivity contribution >= 4 is 10.8 Å². The lowest BCUT2D eigenvalue weighted by molar-refractivity contribution is 0.474. The second-order valence-corrected chi connectivity index (χ2v) is 6.19. The maximum absolute atomic E-state index is 9.69. The summed E-state index contributed by atoms with van der Waals surface area (Å²) in [4.78, 5) is 0. The summed E-state index contributed by atoms with van der Waals surface area (Å²) in [7, 11) is 0. The first-order valence-corrected chi connectivity index (χ1v) is 7.82. The minimum atomic E-state index is 0.270. The average molecular weight is 314 g/mol. The molecule has 3 aromatic carbocycles. The van der Waals surface area contributed by atoms with Crippen LogP contribution in [0.2, 0.25) is 0 Å².